The fourth-order valence-corrected chi connectivity index (χ4v) is 3.65. The van der Waals surface area contributed by atoms with Crippen LogP contribution in [0.5, 0.6) is 11.5 Å². The van der Waals surface area contributed by atoms with Crippen molar-refractivity contribution in [3.05, 3.63) is 23.8 Å². The topological polar surface area (TPSA) is 114 Å². The highest BCUT2D eigenvalue weighted by Gasteiger charge is 2.32. The molecule has 2 heterocycles. The van der Waals surface area contributed by atoms with Gasteiger partial charge < -0.3 is 30.3 Å². The monoisotopic (exact) mass is 390 g/mol. The fourth-order valence-electron chi connectivity index (χ4n) is 3.65. The Balaban J connectivity index is 1.70. The summed E-state index contributed by atoms with van der Waals surface area (Å²) in [6.07, 6.45) is 1.75. The smallest absolute Gasteiger partial charge is 0.255 e. The lowest BCUT2D eigenvalue weighted by Crippen LogP contribution is -2.57. The number of likely N-dealkylation sites (tertiary alicyclic amines) is 1. The van der Waals surface area contributed by atoms with E-state index < -0.39 is 5.91 Å². The van der Waals surface area contributed by atoms with Gasteiger partial charge in [0.15, 0.2) is 18.1 Å². The number of carbonyl (C=O) groups is 3. The van der Waals surface area contributed by atoms with Gasteiger partial charge in [0.1, 0.15) is 0 Å². The van der Waals surface area contributed by atoms with Crippen molar-refractivity contribution < 1.29 is 23.9 Å². The number of piperazine rings is 1. The maximum atomic E-state index is 13.0. The number of amides is 3. The maximum absolute atomic E-state index is 13.0. The van der Waals surface area contributed by atoms with Crippen LogP contribution in [-0.4, -0.2) is 80.0 Å². The molecule has 9 nitrogen and oxygen atoms in total. The summed E-state index contributed by atoms with van der Waals surface area (Å²) in [4.78, 5) is 39.7. The SMILES string of the molecule is COc1cc(C(=O)N2CCCC(N3CCNCC3=O)C2)ccc1OCC(N)=O. The van der Waals surface area contributed by atoms with Crippen molar-refractivity contribution >= 4 is 17.7 Å². The number of nitrogens with zero attached hydrogens (tertiary/aromatic N) is 2. The first-order chi connectivity index (χ1) is 13.5. The van der Waals surface area contributed by atoms with Gasteiger partial charge >= 0.3 is 0 Å². The number of hydrogen-bond donors (Lipinski definition) is 2. The first-order valence-electron chi connectivity index (χ1n) is 9.38. The molecule has 1 atom stereocenters. The molecule has 0 bridgehead atoms. The maximum Gasteiger partial charge on any atom is 0.255 e. The third-order valence-electron chi connectivity index (χ3n) is 5.03. The Hall–Kier alpha value is -2.81. The van der Waals surface area contributed by atoms with E-state index in [0.717, 1.165) is 19.4 Å². The molecule has 2 aliphatic heterocycles. The van der Waals surface area contributed by atoms with Crippen LogP contribution in [0.1, 0.15) is 23.2 Å². The molecule has 3 N–H and O–H groups in total. The summed E-state index contributed by atoms with van der Waals surface area (Å²) in [6, 6.07) is 4.88. The van der Waals surface area contributed by atoms with Crippen LogP contribution in [0.25, 0.3) is 0 Å². The molecule has 0 radical (unpaired) electrons. The van der Waals surface area contributed by atoms with Gasteiger partial charge in [-0.2, -0.15) is 0 Å². The minimum Gasteiger partial charge on any atom is -0.493 e. The molecule has 2 saturated heterocycles. The number of ether oxygens (including phenoxy) is 2. The summed E-state index contributed by atoms with van der Waals surface area (Å²) in [5.41, 5.74) is 5.56. The van der Waals surface area contributed by atoms with Crippen LogP contribution in [0.4, 0.5) is 0 Å². The molecule has 1 aromatic rings. The standard InChI is InChI=1S/C19H26N4O5/c1-27-16-9-13(4-5-15(16)28-12-17(20)24)19(26)22-7-2-3-14(11-22)23-8-6-21-10-18(23)25/h4-5,9,14,21H,2-3,6-8,10-12H2,1H3,(H2,20,24). The van der Waals surface area contributed by atoms with Crippen molar-refractivity contribution in [3.63, 3.8) is 0 Å². The Labute approximate surface area is 163 Å². The molecule has 0 saturated carbocycles. The van der Waals surface area contributed by atoms with Gasteiger partial charge in [-0.15, -0.1) is 0 Å². The molecular formula is C19H26N4O5. The van der Waals surface area contributed by atoms with E-state index in [9.17, 15) is 14.4 Å². The van der Waals surface area contributed by atoms with Crippen LogP contribution < -0.4 is 20.5 Å². The largest absolute Gasteiger partial charge is 0.493 e. The summed E-state index contributed by atoms with van der Waals surface area (Å²) in [6.45, 7) is 2.71. The van der Waals surface area contributed by atoms with E-state index in [0.29, 0.717) is 43.2 Å². The number of primary amides is 1. The Kier molecular flexibility index (Phi) is 6.35. The molecule has 3 rings (SSSR count). The molecule has 2 aliphatic rings. The van der Waals surface area contributed by atoms with Crippen LogP contribution in [-0.2, 0) is 9.59 Å². The van der Waals surface area contributed by atoms with E-state index in [4.69, 9.17) is 15.2 Å². The Morgan fingerprint density at radius 1 is 1.29 bits per heavy atom. The molecule has 2 fully saturated rings. The van der Waals surface area contributed by atoms with E-state index >= 15 is 0 Å². The van der Waals surface area contributed by atoms with E-state index in [-0.39, 0.29) is 24.5 Å². The molecule has 152 valence electrons. The van der Waals surface area contributed by atoms with Crippen LogP contribution in [0, 0.1) is 0 Å². The predicted molar refractivity (Wildman–Crippen MR) is 101 cm³/mol. The van der Waals surface area contributed by atoms with E-state index in [1.807, 2.05) is 4.90 Å². The lowest BCUT2D eigenvalue weighted by molar-refractivity contribution is -0.135. The molecule has 0 spiro atoms. The van der Waals surface area contributed by atoms with Crippen LogP contribution >= 0.6 is 0 Å². The lowest BCUT2D eigenvalue weighted by atomic mass is 10.0. The Bertz CT molecular complexity index is 754. The third-order valence-corrected chi connectivity index (χ3v) is 5.03. The summed E-state index contributed by atoms with van der Waals surface area (Å²) < 4.78 is 10.6. The number of carbonyl (C=O) groups excluding carboxylic acids is 3. The van der Waals surface area contributed by atoms with Crippen molar-refractivity contribution in [2.45, 2.75) is 18.9 Å². The number of rotatable bonds is 6. The highest BCUT2D eigenvalue weighted by atomic mass is 16.5. The summed E-state index contributed by atoms with van der Waals surface area (Å²) in [5.74, 6) is 0.0814. The van der Waals surface area contributed by atoms with Gasteiger partial charge in [0.2, 0.25) is 5.91 Å². The lowest BCUT2D eigenvalue weighted by Gasteiger charge is -2.41. The normalized spacial score (nSPS) is 20.0. The number of nitrogens with one attached hydrogen (secondary N) is 1. The van der Waals surface area contributed by atoms with Gasteiger partial charge in [-0.25, -0.2) is 0 Å². The van der Waals surface area contributed by atoms with Crippen molar-refractivity contribution in [2.24, 2.45) is 5.73 Å². The zero-order valence-corrected chi connectivity index (χ0v) is 16.0. The minimum atomic E-state index is -0.593. The number of hydrogen-bond acceptors (Lipinski definition) is 6. The molecule has 3 amide bonds. The molecule has 28 heavy (non-hydrogen) atoms. The second kappa shape index (κ2) is 8.92. The second-order valence-corrected chi connectivity index (χ2v) is 6.93. The molecule has 1 aromatic carbocycles. The number of nitrogens with two attached hydrogens (primary N) is 1. The van der Waals surface area contributed by atoms with Crippen molar-refractivity contribution in [2.75, 3.05) is 46.4 Å². The molecule has 1 unspecified atom stereocenters. The molecule has 9 heteroatoms. The Morgan fingerprint density at radius 3 is 2.82 bits per heavy atom. The highest BCUT2D eigenvalue weighted by Crippen LogP contribution is 2.29. The number of methoxy groups -OCH3 is 1. The number of benzene rings is 1. The van der Waals surface area contributed by atoms with E-state index in [2.05, 4.69) is 5.32 Å². The van der Waals surface area contributed by atoms with Crippen molar-refractivity contribution in [3.8, 4) is 11.5 Å². The average molecular weight is 390 g/mol. The highest BCUT2D eigenvalue weighted by molar-refractivity contribution is 5.95. The number of piperidine rings is 1. The second-order valence-electron chi connectivity index (χ2n) is 6.93. The van der Waals surface area contributed by atoms with Gasteiger partial charge in [-0.1, -0.05) is 0 Å². The summed E-state index contributed by atoms with van der Waals surface area (Å²) in [5, 5.41) is 3.07. The predicted octanol–water partition coefficient (Wildman–Crippen LogP) is -0.404. The van der Waals surface area contributed by atoms with Gasteiger partial charge in [0.05, 0.1) is 13.7 Å². The van der Waals surface area contributed by atoms with Crippen LogP contribution in [0.15, 0.2) is 18.2 Å². The Morgan fingerprint density at radius 2 is 2.11 bits per heavy atom. The zero-order valence-electron chi connectivity index (χ0n) is 16.0. The molecular weight excluding hydrogens is 364 g/mol. The first kappa shape index (κ1) is 19.9. The van der Waals surface area contributed by atoms with Crippen molar-refractivity contribution in [1.82, 2.24) is 15.1 Å². The van der Waals surface area contributed by atoms with E-state index in [1.165, 1.54) is 7.11 Å². The molecule has 0 aromatic heterocycles. The summed E-state index contributed by atoms with van der Waals surface area (Å²) in [7, 11) is 1.47. The van der Waals surface area contributed by atoms with E-state index in [1.54, 1.807) is 23.1 Å². The quantitative estimate of drug-likeness (QED) is 0.683. The van der Waals surface area contributed by atoms with Gasteiger partial charge in [-0.3, -0.25) is 14.4 Å². The summed E-state index contributed by atoms with van der Waals surface area (Å²) >= 11 is 0. The first-order valence-corrected chi connectivity index (χ1v) is 9.38. The van der Waals surface area contributed by atoms with Crippen LogP contribution in [0.2, 0.25) is 0 Å². The average Bonchev–Trinajstić information content (AvgIpc) is 2.72. The fraction of sp³-hybridized carbons (Fsp3) is 0.526. The van der Waals surface area contributed by atoms with Gasteiger partial charge in [0, 0.05) is 37.8 Å². The molecule has 0 aliphatic carbocycles. The minimum absolute atomic E-state index is 0.0485. The van der Waals surface area contributed by atoms with Crippen LogP contribution in [0.3, 0.4) is 0 Å². The zero-order chi connectivity index (χ0) is 20.1. The van der Waals surface area contributed by atoms with Gasteiger partial charge in [0.25, 0.3) is 11.8 Å². The third kappa shape index (κ3) is 4.53. The van der Waals surface area contributed by atoms with Crippen molar-refractivity contribution in [1.29, 1.82) is 0 Å². The van der Waals surface area contributed by atoms with Gasteiger partial charge in [-0.05, 0) is 31.0 Å².